The first-order valence-electron chi connectivity index (χ1n) is 7.16. The zero-order valence-electron chi connectivity index (χ0n) is 11.8. The van der Waals surface area contributed by atoms with Gasteiger partial charge in [0.05, 0.1) is 16.5 Å². The summed E-state index contributed by atoms with van der Waals surface area (Å²) in [7, 11) is -3.34. The van der Waals surface area contributed by atoms with E-state index < -0.39 is 21.7 Å². The topological polar surface area (TPSA) is 83.5 Å². The van der Waals surface area contributed by atoms with Crippen LogP contribution in [0.5, 0.6) is 0 Å². The third-order valence-electron chi connectivity index (χ3n) is 4.81. The van der Waals surface area contributed by atoms with Gasteiger partial charge in [-0.15, -0.1) is 0 Å². The Morgan fingerprint density at radius 3 is 2.57 bits per heavy atom. The molecule has 6 heteroatoms. The molecule has 2 aliphatic rings. The molecule has 1 aromatic carbocycles. The maximum absolute atomic E-state index is 11.8. The summed E-state index contributed by atoms with van der Waals surface area (Å²) in [5.41, 5.74) is 0.517. The van der Waals surface area contributed by atoms with Crippen LogP contribution in [0.4, 0.5) is 5.69 Å². The number of benzene rings is 1. The van der Waals surface area contributed by atoms with Crippen LogP contribution in [0.1, 0.15) is 19.3 Å². The van der Waals surface area contributed by atoms with Crippen molar-refractivity contribution in [3.63, 3.8) is 0 Å². The molecule has 2 bridgehead atoms. The number of fused-ring (bicyclic) bond motifs is 2. The van der Waals surface area contributed by atoms with Crippen LogP contribution in [0.25, 0.3) is 0 Å². The molecule has 4 atom stereocenters. The molecule has 0 aliphatic heterocycles. The van der Waals surface area contributed by atoms with Crippen molar-refractivity contribution < 1.29 is 18.3 Å². The van der Waals surface area contributed by atoms with Gasteiger partial charge in [0.15, 0.2) is 9.84 Å². The van der Waals surface area contributed by atoms with Crippen molar-refractivity contribution in [1.82, 2.24) is 0 Å². The van der Waals surface area contributed by atoms with Gasteiger partial charge in [0.25, 0.3) is 0 Å². The number of anilines is 1. The molecule has 0 heterocycles. The molecule has 114 valence electrons. The number of carboxylic acids is 1. The van der Waals surface area contributed by atoms with Gasteiger partial charge in [0.1, 0.15) is 0 Å². The molecule has 0 radical (unpaired) electrons. The minimum atomic E-state index is -3.34. The van der Waals surface area contributed by atoms with Gasteiger partial charge < -0.3 is 10.4 Å². The Labute approximate surface area is 124 Å². The highest BCUT2D eigenvalue weighted by atomic mass is 32.2. The number of carboxylic acid groups (broad SMARTS) is 1. The second kappa shape index (κ2) is 5.02. The maximum atomic E-state index is 11.8. The molecule has 0 aromatic heterocycles. The van der Waals surface area contributed by atoms with Crippen molar-refractivity contribution in [2.45, 2.75) is 30.2 Å². The molecule has 3 rings (SSSR count). The van der Waals surface area contributed by atoms with E-state index in [-0.39, 0.29) is 16.9 Å². The monoisotopic (exact) mass is 309 g/mol. The lowest BCUT2D eigenvalue weighted by Gasteiger charge is -2.30. The third kappa shape index (κ3) is 2.52. The van der Waals surface area contributed by atoms with Gasteiger partial charge in [0.2, 0.25) is 0 Å². The third-order valence-corrected chi connectivity index (χ3v) is 5.97. The van der Waals surface area contributed by atoms with Gasteiger partial charge in [-0.1, -0.05) is 12.1 Å². The zero-order chi connectivity index (χ0) is 15.2. The van der Waals surface area contributed by atoms with Crippen LogP contribution in [0, 0.1) is 17.8 Å². The number of nitrogens with one attached hydrogen (secondary N) is 1. The first-order valence-corrected chi connectivity index (χ1v) is 9.05. The number of sulfone groups is 1. The summed E-state index contributed by atoms with van der Waals surface area (Å²) in [6.07, 6.45) is 4.08. The first kappa shape index (κ1) is 14.4. The molecular formula is C15H19NO4S. The fourth-order valence-electron chi connectivity index (χ4n) is 3.94. The highest BCUT2D eigenvalue weighted by molar-refractivity contribution is 7.90. The van der Waals surface area contributed by atoms with E-state index in [0.29, 0.717) is 11.6 Å². The quantitative estimate of drug-likeness (QED) is 0.889. The van der Waals surface area contributed by atoms with Crippen LogP contribution >= 0.6 is 0 Å². The van der Waals surface area contributed by atoms with Crippen molar-refractivity contribution in [3.05, 3.63) is 24.3 Å². The summed E-state index contributed by atoms with van der Waals surface area (Å²) in [5.74, 6) is -0.660. The summed E-state index contributed by atoms with van der Waals surface area (Å²) in [5, 5.41) is 12.7. The van der Waals surface area contributed by atoms with Crippen molar-refractivity contribution in [2.75, 3.05) is 11.6 Å². The van der Waals surface area contributed by atoms with Gasteiger partial charge >= 0.3 is 5.97 Å². The van der Waals surface area contributed by atoms with E-state index in [0.717, 1.165) is 19.3 Å². The fourth-order valence-corrected chi connectivity index (χ4v) is 4.80. The molecule has 0 amide bonds. The zero-order valence-corrected chi connectivity index (χ0v) is 12.6. The molecule has 2 aliphatic carbocycles. The van der Waals surface area contributed by atoms with E-state index in [1.807, 2.05) is 0 Å². The minimum Gasteiger partial charge on any atom is -0.481 e. The van der Waals surface area contributed by atoms with E-state index in [9.17, 15) is 18.3 Å². The number of hydrogen-bond donors (Lipinski definition) is 2. The Bertz CT molecular complexity index is 670. The molecule has 5 nitrogen and oxygen atoms in total. The maximum Gasteiger partial charge on any atom is 0.308 e. The Morgan fingerprint density at radius 2 is 1.90 bits per heavy atom. The molecule has 2 fully saturated rings. The SMILES string of the molecule is CS(=O)(=O)c1ccccc1NC1C2CCC(C2)C1C(=O)O. The standard InChI is InChI=1S/C15H19NO4S/c1-21(19,20)12-5-3-2-4-11(12)16-14-10-7-6-9(8-10)13(14)15(17)18/h2-5,9-10,13-14,16H,6-8H2,1H3,(H,17,18). The lowest BCUT2D eigenvalue weighted by Crippen LogP contribution is -2.39. The second-order valence-electron chi connectivity index (χ2n) is 6.14. The van der Waals surface area contributed by atoms with E-state index in [4.69, 9.17) is 0 Å². The Hall–Kier alpha value is -1.56. The molecule has 1 aromatic rings. The van der Waals surface area contributed by atoms with Crippen LogP contribution < -0.4 is 5.32 Å². The number of para-hydroxylation sites is 1. The largest absolute Gasteiger partial charge is 0.481 e. The Balaban J connectivity index is 1.92. The number of hydrogen-bond acceptors (Lipinski definition) is 4. The van der Waals surface area contributed by atoms with Crippen molar-refractivity contribution in [2.24, 2.45) is 17.8 Å². The van der Waals surface area contributed by atoms with Crippen LogP contribution in [-0.4, -0.2) is 31.8 Å². The Kier molecular flexibility index (Phi) is 3.43. The predicted octanol–water partition coefficient (Wildman–Crippen LogP) is 2.00. The van der Waals surface area contributed by atoms with Gasteiger partial charge in [0, 0.05) is 12.3 Å². The van der Waals surface area contributed by atoms with Crippen LogP contribution in [-0.2, 0) is 14.6 Å². The van der Waals surface area contributed by atoms with Crippen molar-refractivity contribution >= 4 is 21.5 Å². The lowest BCUT2D eigenvalue weighted by atomic mass is 9.84. The van der Waals surface area contributed by atoms with Crippen LogP contribution in [0.15, 0.2) is 29.2 Å². The molecule has 21 heavy (non-hydrogen) atoms. The highest BCUT2D eigenvalue weighted by Gasteiger charge is 2.51. The molecule has 0 spiro atoms. The molecule has 4 unspecified atom stereocenters. The second-order valence-corrected chi connectivity index (χ2v) is 8.12. The number of aliphatic carboxylic acids is 1. The molecular weight excluding hydrogens is 290 g/mol. The van der Waals surface area contributed by atoms with Crippen LogP contribution in [0.2, 0.25) is 0 Å². The summed E-state index contributed by atoms with van der Waals surface area (Å²) < 4.78 is 23.7. The van der Waals surface area contributed by atoms with Crippen molar-refractivity contribution in [1.29, 1.82) is 0 Å². The van der Waals surface area contributed by atoms with E-state index in [1.165, 1.54) is 6.26 Å². The summed E-state index contributed by atoms with van der Waals surface area (Å²) >= 11 is 0. The van der Waals surface area contributed by atoms with E-state index in [1.54, 1.807) is 24.3 Å². The Morgan fingerprint density at radius 1 is 1.24 bits per heavy atom. The fraction of sp³-hybridized carbons (Fsp3) is 0.533. The molecule has 2 saturated carbocycles. The van der Waals surface area contributed by atoms with E-state index in [2.05, 4.69) is 5.32 Å². The smallest absolute Gasteiger partial charge is 0.308 e. The highest BCUT2D eigenvalue weighted by Crippen LogP contribution is 2.49. The van der Waals surface area contributed by atoms with Crippen LogP contribution in [0.3, 0.4) is 0 Å². The average Bonchev–Trinajstić information content (AvgIpc) is 2.98. The van der Waals surface area contributed by atoms with Gasteiger partial charge in [-0.2, -0.15) is 0 Å². The molecule has 2 N–H and O–H groups in total. The van der Waals surface area contributed by atoms with Gasteiger partial charge in [-0.05, 0) is 43.2 Å². The minimum absolute atomic E-state index is 0.177. The lowest BCUT2D eigenvalue weighted by molar-refractivity contribution is -0.143. The summed E-state index contributed by atoms with van der Waals surface area (Å²) in [6, 6.07) is 6.53. The summed E-state index contributed by atoms with van der Waals surface area (Å²) in [4.78, 5) is 11.7. The van der Waals surface area contributed by atoms with Gasteiger partial charge in [-0.25, -0.2) is 8.42 Å². The van der Waals surface area contributed by atoms with Crippen molar-refractivity contribution in [3.8, 4) is 0 Å². The molecule has 0 saturated heterocycles. The average molecular weight is 309 g/mol. The van der Waals surface area contributed by atoms with Gasteiger partial charge in [-0.3, -0.25) is 4.79 Å². The number of rotatable bonds is 4. The summed E-state index contributed by atoms with van der Waals surface area (Å²) in [6.45, 7) is 0. The first-order chi connectivity index (χ1) is 9.88. The normalized spacial score (nSPS) is 31.3. The predicted molar refractivity (Wildman–Crippen MR) is 78.9 cm³/mol. The van der Waals surface area contributed by atoms with E-state index >= 15 is 0 Å². The number of carbonyl (C=O) groups is 1.